The number of nitrogens with zero attached hydrogens (tertiary/aromatic N) is 1. The van der Waals surface area contributed by atoms with Crippen molar-refractivity contribution < 1.29 is 4.39 Å². The molecule has 4 heteroatoms. The molecule has 0 amide bonds. The highest BCUT2D eigenvalue weighted by Gasteiger charge is 2.39. The number of fused-ring (bicyclic) bond motifs is 3. The fourth-order valence-electron chi connectivity index (χ4n) is 3.47. The molecule has 2 aromatic rings. The minimum absolute atomic E-state index is 0.0503. The second-order valence-electron chi connectivity index (χ2n) is 5.58. The molecule has 1 aliphatic heterocycles. The van der Waals surface area contributed by atoms with Crippen LogP contribution in [0.15, 0.2) is 53.2 Å². The molecule has 0 unspecified atom stereocenters. The predicted octanol–water partition coefficient (Wildman–Crippen LogP) is 4.81. The molecule has 2 aliphatic rings. The molecule has 0 spiro atoms. The van der Waals surface area contributed by atoms with Crippen molar-refractivity contribution in [2.45, 2.75) is 18.4 Å². The average Bonchev–Trinajstić information content (AvgIpc) is 2.97. The van der Waals surface area contributed by atoms with Crippen LogP contribution in [0.3, 0.4) is 0 Å². The zero-order chi connectivity index (χ0) is 14.4. The third-order valence-electron chi connectivity index (χ3n) is 4.39. The van der Waals surface area contributed by atoms with Gasteiger partial charge in [-0.3, -0.25) is 4.98 Å². The monoisotopic (exact) mass is 344 g/mol. The second-order valence-corrected chi connectivity index (χ2v) is 6.50. The highest BCUT2D eigenvalue weighted by Crippen LogP contribution is 2.50. The van der Waals surface area contributed by atoms with Crippen LogP contribution >= 0.6 is 15.9 Å². The Balaban J connectivity index is 1.84. The summed E-state index contributed by atoms with van der Waals surface area (Å²) in [6, 6.07) is 9.48. The van der Waals surface area contributed by atoms with Crippen LogP contribution in [0.25, 0.3) is 0 Å². The molecule has 1 aliphatic carbocycles. The summed E-state index contributed by atoms with van der Waals surface area (Å²) < 4.78 is 15.1. The van der Waals surface area contributed by atoms with Crippen LogP contribution in [-0.4, -0.2) is 4.98 Å². The normalized spacial score (nSPS) is 26.1. The van der Waals surface area contributed by atoms with Crippen molar-refractivity contribution in [3.05, 3.63) is 70.2 Å². The Labute approximate surface area is 131 Å². The van der Waals surface area contributed by atoms with Gasteiger partial charge in [0.1, 0.15) is 5.82 Å². The number of rotatable bonds is 1. The summed E-state index contributed by atoms with van der Waals surface area (Å²) >= 11 is 3.39. The van der Waals surface area contributed by atoms with Crippen LogP contribution < -0.4 is 5.32 Å². The highest BCUT2D eigenvalue weighted by molar-refractivity contribution is 9.10. The summed E-state index contributed by atoms with van der Waals surface area (Å²) in [5.74, 6) is 0.431. The standard InChI is InChI=1S/C17H14BrFN2/c18-10-8-13-11-4-3-5-12(11)17(15-6-1-2-7-20-15)21-16(13)14(19)9-10/h1-4,6-9,11-12,17,21H,5H2/t11-,12-,17-/m0/s1. The lowest BCUT2D eigenvalue weighted by molar-refractivity contribution is 0.414. The van der Waals surface area contributed by atoms with Crippen molar-refractivity contribution >= 4 is 21.6 Å². The van der Waals surface area contributed by atoms with E-state index >= 15 is 0 Å². The van der Waals surface area contributed by atoms with E-state index in [9.17, 15) is 4.39 Å². The molecule has 2 heterocycles. The van der Waals surface area contributed by atoms with Crippen LogP contribution in [0.2, 0.25) is 0 Å². The third-order valence-corrected chi connectivity index (χ3v) is 4.85. The molecule has 0 saturated carbocycles. The minimum Gasteiger partial charge on any atom is -0.374 e. The van der Waals surface area contributed by atoms with Gasteiger partial charge in [-0.15, -0.1) is 0 Å². The molecule has 21 heavy (non-hydrogen) atoms. The van der Waals surface area contributed by atoms with Gasteiger partial charge in [0.25, 0.3) is 0 Å². The molecule has 0 fully saturated rings. The van der Waals surface area contributed by atoms with Crippen molar-refractivity contribution in [1.82, 2.24) is 4.98 Å². The molecule has 0 radical (unpaired) electrons. The van der Waals surface area contributed by atoms with Gasteiger partial charge in [0.15, 0.2) is 0 Å². The van der Waals surface area contributed by atoms with Crippen molar-refractivity contribution in [3.63, 3.8) is 0 Å². The molecule has 106 valence electrons. The zero-order valence-electron chi connectivity index (χ0n) is 11.3. The summed E-state index contributed by atoms with van der Waals surface area (Å²) in [6.07, 6.45) is 7.18. The molecule has 1 N–H and O–H groups in total. The van der Waals surface area contributed by atoms with E-state index in [0.29, 0.717) is 11.6 Å². The first-order valence-electron chi connectivity index (χ1n) is 7.07. The Hall–Kier alpha value is -1.68. The fourth-order valence-corrected chi connectivity index (χ4v) is 3.92. The van der Waals surface area contributed by atoms with Gasteiger partial charge in [-0.1, -0.05) is 34.1 Å². The number of hydrogen-bond acceptors (Lipinski definition) is 2. The van der Waals surface area contributed by atoms with Gasteiger partial charge in [-0.05, 0) is 42.2 Å². The smallest absolute Gasteiger partial charge is 0.147 e. The molecular formula is C17H14BrFN2. The van der Waals surface area contributed by atoms with Gasteiger partial charge in [0.2, 0.25) is 0 Å². The summed E-state index contributed by atoms with van der Waals surface area (Å²) in [4.78, 5) is 4.46. The molecule has 1 aromatic heterocycles. The Morgan fingerprint density at radius 2 is 2.19 bits per heavy atom. The van der Waals surface area contributed by atoms with Crippen molar-refractivity contribution in [3.8, 4) is 0 Å². The van der Waals surface area contributed by atoms with Crippen LogP contribution in [-0.2, 0) is 0 Å². The summed E-state index contributed by atoms with van der Waals surface area (Å²) in [7, 11) is 0. The number of nitrogens with one attached hydrogen (secondary N) is 1. The van der Waals surface area contributed by atoms with Gasteiger partial charge < -0.3 is 5.32 Å². The van der Waals surface area contributed by atoms with E-state index < -0.39 is 0 Å². The van der Waals surface area contributed by atoms with Gasteiger partial charge in [0.05, 0.1) is 17.4 Å². The number of allylic oxidation sites excluding steroid dienone is 2. The van der Waals surface area contributed by atoms with Crippen LogP contribution in [0.1, 0.15) is 29.6 Å². The number of halogens is 2. The minimum atomic E-state index is -0.209. The van der Waals surface area contributed by atoms with Crippen molar-refractivity contribution in [2.24, 2.45) is 5.92 Å². The quantitative estimate of drug-likeness (QED) is 0.751. The number of anilines is 1. The third kappa shape index (κ3) is 2.09. The van der Waals surface area contributed by atoms with Crippen LogP contribution in [0.4, 0.5) is 10.1 Å². The Kier molecular flexibility index (Phi) is 3.07. The lowest BCUT2D eigenvalue weighted by Crippen LogP contribution is -2.30. The van der Waals surface area contributed by atoms with Crippen LogP contribution in [0, 0.1) is 11.7 Å². The summed E-state index contributed by atoms with van der Waals surface area (Å²) in [6.45, 7) is 0. The average molecular weight is 345 g/mol. The maximum Gasteiger partial charge on any atom is 0.147 e. The maximum atomic E-state index is 14.3. The van der Waals surface area contributed by atoms with Crippen molar-refractivity contribution in [2.75, 3.05) is 5.32 Å². The number of pyridine rings is 1. The van der Waals surface area contributed by atoms with E-state index in [1.165, 1.54) is 6.07 Å². The summed E-state index contributed by atoms with van der Waals surface area (Å²) in [5.41, 5.74) is 2.62. The van der Waals surface area contributed by atoms with E-state index in [1.807, 2.05) is 24.3 Å². The molecule has 4 rings (SSSR count). The van der Waals surface area contributed by atoms with Gasteiger partial charge in [-0.2, -0.15) is 0 Å². The van der Waals surface area contributed by atoms with Crippen molar-refractivity contribution in [1.29, 1.82) is 0 Å². The Bertz CT molecular complexity index is 714. The molecular weight excluding hydrogens is 331 g/mol. The largest absolute Gasteiger partial charge is 0.374 e. The second kappa shape index (κ2) is 4.95. The molecule has 3 atom stereocenters. The van der Waals surface area contributed by atoms with Gasteiger partial charge in [0, 0.05) is 16.6 Å². The number of hydrogen-bond donors (Lipinski definition) is 1. The van der Waals surface area contributed by atoms with E-state index in [-0.39, 0.29) is 17.8 Å². The topological polar surface area (TPSA) is 24.9 Å². The summed E-state index contributed by atoms with van der Waals surface area (Å²) in [5, 5.41) is 3.38. The first-order chi connectivity index (χ1) is 10.2. The first-order valence-corrected chi connectivity index (χ1v) is 7.86. The molecule has 0 saturated heterocycles. The van der Waals surface area contributed by atoms with Crippen LogP contribution in [0.5, 0.6) is 0 Å². The Morgan fingerprint density at radius 3 is 3.00 bits per heavy atom. The lowest BCUT2D eigenvalue weighted by Gasteiger charge is -2.37. The Morgan fingerprint density at radius 1 is 1.29 bits per heavy atom. The molecule has 2 nitrogen and oxygen atoms in total. The predicted molar refractivity (Wildman–Crippen MR) is 84.7 cm³/mol. The fraction of sp³-hybridized carbons (Fsp3) is 0.235. The number of benzene rings is 1. The highest BCUT2D eigenvalue weighted by atomic mass is 79.9. The van der Waals surface area contributed by atoms with Gasteiger partial charge in [-0.25, -0.2) is 4.39 Å². The lowest BCUT2D eigenvalue weighted by atomic mass is 9.78. The SMILES string of the molecule is Fc1cc(Br)cc2c1N[C@H](c1ccccn1)[C@H]1CC=C[C@H]21. The van der Waals surface area contributed by atoms with E-state index in [1.54, 1.807) is 6.20 Å². The number of aromatic nitrogens is 1. The maximum absolute atomic E-state index is 14.3. The van der Waals surface area contributed by atoms with E-state index in [4.69, 9.17) is 0 Å². The van der Waals surface area contributed by atoms with E-state index in [0.717, 1.165) is 22.2 Å². The van der Waals surface area contributed by atoms with Gasteiger partial charge >= 0.3 is 0 Å². The first kappa shape index (κ1) is 13.0. The molecule has 0 bridgehead atoms. The zero-order valence-corrected chi connectivity index (χ0v) is 12.8. The van der Waals surface area contributed by atoms with E-state index in [2.05, 4.69) is 38.4 Å². The molecule has 1 aromatic carbocycles.